The van der Waals surface area contributed by atoms with E-state index in [9.17, 15) is 5.11 Å². The van der Waals surface area contributed by atoms with Crippen molar-refractivity contribution in [3.8, 4) is 5.75 Å². The van der Waals surface area contributed by atoms with Gasteiger partial charge in [-0.05, 0) is 48.1 Å². The maximum Gasteiger partial charge on any atom is 0.193 e. The number of aliphatic imine (C=N–C) groups is 1. The summed E-state index contributed by atoms with van der Waals surface area (Å²) >= 11 is 1.81. The zero-order valence-electron chi connectivity index (χ0n) is 15.1. The maximum absolute atomic E-state index is 9.32. The van der Waals surface area contributed by atoms with Crippen LogP contribution in [0.2, 0.25) is 0 Å². The molecular formula is C19H27IN4OS. The van der Waals surface area contributed by atoms with Gasteiger partial charge >= 0.3 is 0 Å². The SMILES string of the molecule is CN=C(NCCCc1ccc(O)cc1)N1CCN(c2cccs2)CC1.I. The van der Waals surface area contributed by atoms with Crippen LogP contribution in [0.5, 0.6) is 5.75 Å². The molecule has 1 fully saturated rings. The first-order valence-corrected chi connectivity index (χ1v) is 9.66. The Morgan fingerprint density at radius 2 is 1.88 bits per heavy atom. The van der Waals surface area contributed by atoms with E-state index in [1.54, 1.807) is 23.5 Å². The highest BCUT2D eigenvalue weighted by Gasteiger charge is 2.19. The molecule has 0 amide bonds. The monoisotopic (exact) mass is 486 g/mol. The van der Waals surface area contributed by atoms with Gasteiger partial charge in [0.1, 0.15) is 5.75 Å². The Morgan fingerprint density at radius 1 is 1.15 bits per heavy atom. The van der Waals surface area contributed by atoms with E-state index in [2.05, 4.69) is 37.6 Å². The van der Waals surface area contributed by atoms with Crippen molar-refractivity contribution in [3.05, 3.63) is 47.3 Å². The highest BCUT2D eigenvalue weighted by molar-refractivity contribution is 14.0. The minimum atomic E-state index is 0. The molecule has 0 aliphatic carbocycles. The Kier molecular flexibility index (Phi) is 8.50. The minimum Gasteiger partial charge on any atom is -0.508 e. The zero-order valence-corrected chi connectivity index (χ0v) is 18.2. The summed E-state index contributed by atoms with van der Waals surface area (Å²) in [6.07, 6.45) is 2.04. The van der Waals surface area contributed by atoms with Gasteiger partial charge in [0.05, 0.1) is 5.00 Å². The Hall–Kier alpha value is -1.48. The van der Waals surface area contributed by atoms with Crippen LogP contribution in [0.1, 0.15) is 12.0 Å². The van der Waals surface area contributed by atoms with E-state index in [0.29, 0.717) is 5.75 Å². The molecule has 2 heterocycles. The summed E-state index contributed by atoms with van der Waals surface area (Å²) < 4.78 is 0. The molecule has 1 aromatic carbocycles. The lowest BCUT2D eigenvalue weighted by Crippen LogP contribution is -2.52. The summed E-state index contributed by atoms with van der Waals surface area (Å²) in [7, 11) is 1.86. The van der Waals surface area contributed by atoms with Gasteiger partial charge in [-0.3, -0.25) is 4.99 Å². The Bertz CT molecular complexity index is 667. The molecule has 2 N–H and O–H groups in total. The lowest BCUT2D eigenvalue weighted by molar-refractivity contribution is 0.373. The van der Waals surface area contributed by atoms with Gasteiger partial charge in [-0.1, -0.05) is 12.1 Å². The third-order valence-electron chi connectivity index (χ3n) is 4.47. The van der Waals surface area contributed by atoms with E-state index >= 15 is 0 Å². The highest BCUT2D eigenvalue weighted by Crippen LogP contribution is 2.22. The standard InChI is InChI=1S/C19H26N4OS.HI/c1-20-19(21-10-2-4-16-6-8-17(24)9-7-16)23-13-11-22(12-14-23)18-5-3-15-25-18;/h3,5-9,15,24H,2,4,10-14H2,1H3,(H,20,21);1H. The first kappa shape index (κ1) is 20.8. The Morgan fingerprint density at radius 3 is 2.50 bits per heavy atom. The highest BCUT2D eigenvalue weighted by atomic mass is 127. The molecular weight excluding hydrogens is 459 g/mol. The number of nitrogens with one attached hydrogen (secondary N) is 1. The fourth-order valence-corrected chi connectivity index (χ4v) is 3.86. The summed E-state index contributed by atoms with van der Waals surface area (Å²) in [5, 5.41) is 16.3. The van der Waals surface area contributed by atoms with Crippen molar-refractivity contribution in [2.24, 2.45) is 4.99 Å². The molecule has 0 saturated carbocycles. The second-order valence-electron chi connectivity index (χ2n) is 6.17. The van der Waals surface area contributed by atoms with Crippen LogP contribution in [0.3, 0.4) is 0 Å². The third kappa shape index (κ3) is 5.77. The average molecular weight is 486 g/mol. The van der Waals surface area contributed by atoms with Gasteiger partial charge in [-0.2, -0.15) is 0 Å². The van der Waals surface area contributed by atoms with Gasteiger partial charge in [-0.25, -0.2) is 0 Å². The van der Waals surface area contributed by atoms with Gasteiger partial charge in [0.2, 0.25) is 0 Å². The van der Waals surface area contributed by atoms with E-state index in [4.69, 9.17) is 0 Å². The fraction of sp³-hybridized carbons (Fsp3) is 0.421. The number of hydrogen-bond acceptors (Lipinski definition) is 4. The molecule has 0 radical (unpaired) electrons. The lowest BCUT2D eigenvalue weighted by Gasteiger charge is -2.37. The van der Waals surface area contributed by atoms with Crippen molar-refractivity contribution < 1.29 is 5.11 Å². The number of thiophene rings is 1. The first-order chi connectivity index (χ1) is 12.3. The van der Waals surface area contributed by atoms with Crippen molar-refractivity contribution >= 4 is 46.3 Å². The summed E-state index contributed by atoms with van der Waals surface area (Å²) in [5.74, 6) is 1.32. The quantitative estimate of drug-likeness (QED) is 0.295. The molecule has 2 aromatic rings. The van der Waals surface area contributed by atoms with E-state index < -0.39 is 0 Å². The van der Waals surface area contributed by atoms with Crippen molar-refractivity contribution in [2.45, 2.75) is 12.8 Å². The number of rotatable bonds is 5. The first-order valence-electron chi connectivity index (χ1n) is 8.78. The number of phenolic OH excluding ortho intramolecular Hbond substituents is 1. The molecule has 1 saturated heterocycles. The van der Waals surface area contributed by atoms with Crippen molar-refractivity contribution in [1.29, 1.82) is 0 Å². The summed E-state index contributed by atoms with van der Waals surface area (Å²) in [5.41, 5.74) is 1.25. The predicted octanol–water partition coefficient (Wildman–Crippen LogP) is 3.40. The van der Waals surface area contributed by atoms with Crippen LogP contribution in [-0.4, -0.2) is 55.7 Å². The number of anilines is 1. The number of piperazine rings is 1. The second kappa shape index (κ2) is 10.6. The molecule has 5 nitrogen and oxygen atoms in total. The molecule has 1 aliphatic heterocycles. The molecule has 0 unspecified atom stereocenters. The van der Waals surface area contributed by atoms with Crippen LogP contribution in [0.4, 0.5) is 5.00 Å². The average Bonchev–Trinajstić information content (AvgIpc) is 3.18. The fourth-order valence-electron chi connectivity index (χ4n) is 3.08. The molecule has 0 spiro atoms. The van der Waals surface area contributed by atoms with Crippen molar-refractivity contribution in [2.75, 3.05) is 44.7 Å². The normalized spacial score (nSPS) is 14.9. The number of halogens is 1. The van der Waals surface area contributed by atoms with Gasteiger partial charge in [0, 0.05) is 39.8 Å². The van der Waals surface area contributed by atoms with Crippen LogP contribution in [-0.2, 0) is 6.42 Å². The lowest BCUT2D eigenvalue weighted by atomic mass is 10.1. The van der Waals surface area contributed by atoms with Gasteiger partial charge in [0.25, 0.3) is 0 Å². The number of benzene rings is 1. The Balaban J connectivity index is 0.00000243. The molecule has 0 atom stereocenters. The number of guanidine groups is 1. The van der Waals surface area contributed by atoms with Gasteiger partial charge in [0.15, 0.2) is 5.96 Å². The largest absolute Gasteiger partial charge is 0.508 e. The molecule has 0 bridgehead atoms. The molecule has 26 heavy (non-hydrogen) atoms. The molecule has 1 aliphatic rings. The number of nitrogens with zero attached hydrogens (tertiary/aromatic N) is 3. The molecule has 1 aromatic heterocycles. The topological polar surface area (TPSA) is 51.1 Å². The summed E-state index contributed by atoms with van der Waals surface area (Å²) in [6.45, 7) is 4.97. The Labute approximate surface area is 176 Å². The summed E-state index contributed by atoms with van der Waals surface area (Å²) in [4.78, 5) is 9.22. The molecule has 7 heteroatoms. The van der Waals surface area contributed by atoms with Crippen molar-refractivity contribution in [1.82, 2.24) is 10.2 Å². The number of aromatic hydroxyl groups is 1. The van der Waals surface area contributed by atoms with Gasteiger partial charge in [-0.15, -0.1) is 35.3 Å². The molecule has 142 valence electrons. The summed E-state index contributed by atoms with van der Waals surface area (Å²) in [6, 6.07) is 11.8. The van der Waals surface area contributed by atoms with Gasteiger partial charge < -0.3 is 20.2 Å². The van der Waals surface area contributed by atoms with Crippen LogP contribution < -0.4 is 10.2 Å². The van der Waals surface area contributed by atoms with Crippen LogP contribution in [0.25, 0.3) is 0 Å². The zero-order chi connectivity index (χ0) is 17.5. The number of phenols is 1. The number of aryl methyl sites for hydroxylation is 1. The second-order valence-corrected chi connectivity index (χ2v) is 7.10. The van der Waals surface area contributed by atoms with Crippen LogP contribution >= 0.6 is 35.3 Å². The number of hydrogen-bond donors (Lipinski definition) is 2. The van der Waals surface area contributed by atoms with Crippen LogP contribution in [0, 0.1) is 0 Å². The van der Waals surface area contributed by atoms with Crippen molar-refractivity contribution in [3.63, 3.8) is 0 Å². The van der Waals surface area contributed by atoms with E-state index in [0.717, 1.165) is 51.5 Å². The molecule has 3 rings (SSSR count). The van der Waals surface area contributed by atoms with E-state index in [-0.39, 0.29) is 24.0 Å². The third-order valence-corrected chi connectivity index (χ3v) is 5.40. The predicted molar refractivity (Wildman–Crippen MR) is 121 cm³/mol. The van der Waals surface area contributed by atoms with E-state index in [1.807, 2.05) is 19.2 Å². The smallest absolute Gasteiger partial charge is 0.193 e. The minimum absolute atomic E-state index is 0. The van der Waals surface area contributed by atoms with Crippen LogP contribution in [0.15, 0.2) is 46.8 Å². The van der Waals surface area contributed by atoms with E-state index in [1.165, 1.54) is 10.6 Å². The maximum atomic E-state index is 9.32.